The van der Waals surface area contributed by atoms with Gasteiger partial charge in [-0.05, 0) is 32.1 Å². The van der Waals surface area contributed by atoms with E-state index in [9.17, 15) is 9.59 Å². The topological polar surface area (TPSA) is 43.4 Å². The lowest BCUT2D eigenvalue weighted by atomic mass is 9.82. The molecule has 0 spiro atoms. The Balaban J connectivity index is 1.98. The lowest BCUT2D eigenvalue weighted by molar-refractivity contribution is 0.0895. The quantitative estimate of drug-likeness (QED) is 0.863. The molecule has 110 valence electrons. The summed E-state index contributed by atoms with van der Waals surface area (Å²) in [4.78, 5) is 25.0. The van der Waals surface area contributed by atoms with Gasteiger partial charge in [0.25, 0.3) is 0 Å². The monoisotopic (exact) mass is 292 g/mol. The number of ether oxygens (including phenoxy) is 1. The molecule has 0 aromatic heterocycles. The standard InChI is InChI=1S/C19H16O3/c1-19(2,22-13-8-4-3-5-9-13)16-12-17(20)14-10-6-7-11-15(14)18(16)21/h3-12H,1-2H3. The molecule has 0 unspecified atom stereocenters. The van der Waals surface area contributed by atoms with Crippen molar-refractivity contribution in [3.05, 3.63) is 77.4 Å². The molecule has 3 nitrogen and oxygen atoms in total. The fourth-order valence-electron chi connectivity index (χ4n) is 2.60. The normalized spacial score (nSPS) is 14.4. The Hall–Kier alpha value is -2.68. The molecule has 0 N–H and O–H groups in total. The molecule has 0 heterocycles. The van der Waals surface area contributed by atoms with E-state index in [1.807, 2.05) is 30.3 Å². The first kappa shape index (κ1) is 14.3. The predicted octanol–water partition coefficient (Wildman–Crippen LogP) is 3.85. The number of para-hydroxylation sites is 1. The predicted molar refractivity (Wildman–Crippen MR) is 84.3 cm³/mol. The van der Waals surface area contributed by atoms with E-state index in [0.29, 0.717) is 22.4 Å². The van der Waals surface area contributed by atoms with Crippen molar-refractivity contribution in [2.45, 2.75) is 19.4 Å². The minimum absolute atomic E-state index is 0.156. The average molecular weight is 292 g/mol. The number of hydrogen-bond donors (Lipinski definition) is 0. The Morgan fingerprint density at radius 3 is 2.09 bits per heavy atom. The van der Waals surface area contributed by atoms with Crippen LogP contribution in [0, 0.1) is 0 Å². The van der Waals surface area contributed by atoms with Crippen LogP contribution in [0.25, 0.3) is 0 Å². The van der Waals surface area contributed by atoms with E-state index < -0.39 is 5.60 Å². The number of Topliss-reactive ketones (excluding diaryl/α,β-unsaturated/α-hetero) is 1. The van der Waals surface area contributed by atoms with Gasteiger partial charge in [-0.2, -0.15) is 0 Å². The largest absolute Gasteiger partial charge is 0.483 e. The third kappa shape index (κ3) is 2.46. The van der Waals surface area contributed by atoms with Crippen LogP contribution in [-0.2, 0) is 0 Å². The summed E-state index contributed by atoms with van der Waals surface area (Å²) in [6, 6.07) is 16.1. The van der Waals surface area contributed by atoms with Crippen LogP contribution in [0.2, 0.25) is 0 Å². The van der Waals surface area contributed by atoms with Gasteiger partial charge in [-0.3, -0.25) is 9.59 Å². The highest BCUT2D eigenvalue weighted by Gasteiger charge is 2.36. The number of allylic oxidation sites excluding steroid dienone is 1. The smallest absolute Gasteiger partial charge is 0.193 e. The Labute approximate surface area is 129 Å². The molecule has 1 aliphatic rings. The highest BCUT2D eigenvalue weighted by Crippen LogP contribution is 2.31. The fourth-order valence-corrected chi connectivity index (χ4v) is 2.60. The number of carbonyl (C=O) groups excluding carboxylic acids is 2. The molecule has 1 aliphatic carbocycles. The van der Waals surface area contributed by atoms with E-state index in [0.717, 1.165) is 0 Å². The molecular weight excluding hydrogens is 276 g/mol. The van der Waals surface area contributed by atoms with Crippen LogP contribution in [0.3, 0.4) is 0 Å². The summed E-state index contributed by atoms with van der Waals surface area (Å²) in [5.74, 6) is 0.346. The second-order valence-electron chi connectivity index (χ2n) is 5.72. The molecule has 3 rings (SSSR count). The lowest BCUT2D eigenvalue weighted by Gasteiger charge is -2.30. The highest BCUT2D eigenvalue weighted by atomic mass is 16.5. The van der Waals surface area contributed by atoms with Gasteiger partial charge in [0.1, 0.15) is 11.4 Å². The Kier molecular flexibility index (Phi) is 3.41. The summed E-state index contributed by atoms with van der Waals surface area (Å²) < 4.78 is 5.93. The first-order valence-electron chi connectivity index (χ1n) is 7.13. The van der Waals surface area contributed by atoms with Gasteiger partial charge >= 0.3 is 0 Å². The zero-order valence-corrected chi connectivity index (χ0v) is 12.5. The zero-order valence-electron chi connectivity index (χ0n) is 12.5. The van der Waals surface area contributed by atoms with Crippen molar-refractivity contribution in [1.29, 1.82) is 0 Å². The maximum atomic E-state index is 12.7. The number of ketones is 2. The van der Waals surface area contributed by atoms with Crippen molar-refractivity contribution in [2.24, 2.45) is 0 Å². The summed E-state index contributed by atoms with van der Waals surface area (Å²) in [7, 11) is 0. The maximum Gasteiger partial charge on any atom is 0.193 e. The third-order valence-corrected chi connectivity index (χ3v) is 3.72. The molecule has 0 atom stereocenters. The molecule has 2 aromatic carbocycles. The molecule has 0 radical (unpaired) electrons. The zero-order chi connectivity index (χ0) is 15.7. The Bertz CT molecular complexity index is 770. The minimum Gasteiger partial charge on any atom is -0.483 e. The van der Waals surface area contributed by atoms with Gasteiger partial charge in [-0.1, -0.05) is 42.5 Å². The molecule has 3 heteroatoms. The van der Waals surface area contributed by atoms with E-state index in [2.05, 4.69) is 0 Å². The van der Waals surface area contributed by atoms with E-state index in [1.54, 1.807) is 38.1 Å². The van der Waals surface area contributed by atoms with Crippen LogP contribution in [0.1, 0.15) is 34.6 Å². The number of benzene rings is 2. The molecule has 0 fully saturated rings. The molecule has 0 saturated carbocycles. The molecule has 0 saturated heterocycles. The average Bonchev–Trinajstić information content (AvgIpc) is 2.51. The number of rotatable bonds is 3. The van der Waals surface area contributed by atoms with Crippen LogP contribution in [0.15, 0.2) is 66.2 Å². The van der Waals surface area contributed by atoms with E-state index in [4.69, 9.17) is 4.74 Å². The molecule has 2 aromatic rings. The number of carbonyl (C=O) groups is 2. The van der Waals surface area contributed by atoms with E-state index >= 15 is 0 Å². The second kappa shape index (κ2) is 5.26. The van der Waals surface area contributed by atoms with Crippen LogP contribution >= 0.6 is 0 Å². The first-order chi connectivity index (χ1) is 10.5. The summed E-state index contributed by atoms with van der Waals surface area (Å²) in [5, 5.41) is 0. The number of hydrogen-bond acceptors (Lipinski definition) is 3. The molecular formula is C19H16O3. The number of fused-ring (bicyclic) bond motifs is 1. The van der Waals surface area contributed by atoms with Crippen molar-refractivity contribution in [1.82, 2.24) is 0 Å². The summed E-state index contributed by atoms with van der Waals surface area (Å²) in [5.41, 5.74) is 0.378. The van der Waals surface area contributed by atoms with E-state index in [-0.39, 0.29) is 11.6 Å². The Morgan fingerprint density at radius 1 is 0.818 bits per heavy atom. The van der Waals surface area contributed by atoms with Crippen molar-refractivity contribution in [3.63, 3.8) is 0 Å². The molecule has 0 aliphatic heterocycles. The van der Waals surface area contributed by atoms with Gasteiger partial charge in [0.15, 0.2) is 11.6 Å². The van der Waals surface area contributed by atoms with Crippen molar-refractivity contribution >= 4 is 11.6 Å². The van der Waals surface area contributed by atoms with Crippen LogP contribution < -0.4 is 4.74 Å². The first-order valence-corrected chi connectivity index (χ1v) is 7.13. The molecule has 22 heavy (non-hydrogen) atoms. The van der Waals surface area contributed by atoms with Gasteiger partial charge in [0.2, 0.25) is 0 Å². The SMILES string of the molecule is CC(C)(Oc1ccccc1)C1=CC(=O)c2ccccc2C1=O. The molecule has 0 bridgehead atoms. The van der Waals surface area contributed by atoms with Crippen LogP contribution in [-0.4, -0.2) is 17.2 Å². The van der Waals surface area contributed by atoms with Gasteiger partial charge in [-0.15, -0.1) is 0 Å². The van der Waals surface area contributed by atoms with Crippen LogP contribution in [0.4, 0.5) is 0 Å². The van der Waals surface area contributed by atoms with E-state index in [1.165, 1.54) is 6.08 Å². The van der Waals surface area contributed by atoms with Crippen molar-refractivity contribution in [2.75, 3.05) is 0 Å². The van der Waals surface area contributed by atoms with Crippen molar-refractivity contribution in [3.8, 4) is 5.75 Å². The molecule has 0 amide bonds. The fraction of sp³-hybridized carbons (Fsp3) is 0.158. The summed E-state index contributed by atoms with van der Waals surface area (Å²) >= 11 is 0. The van der Waals surface area contributed by atoms with Gasteiger partial charge in [-0.25, -0.2) is 0 Å². The third-order valence-electron chi connectivity index (χ3n) is 3.72. The summed E-state index contributed by atoms with van der Waals surface area (Å²) in [6.07, 6.45) is 1.40. The van der Waals surface area contributed by atoms with Gasteiger partial charge < -0.3 is 4.74 Å². The van der Waals surface area contributed by atoms with Gasteiger partial charge in [0.05, 0.1) is 0 Å². The lowest BCUT2D eigenvalue weighted by Crippen LogP contribution is -2.37. The summed E-state index contributed by atoms with van der Waals surface area (Å²) in [6.45, 7) is 3.59. The minimum atomic E-state index is -0.887. The Morgan fingerprint density at radius 2 is 1.41 bits per heavy atom. The second-order valence-corrected chi connectivity index (χ2v) is 5.72. The maximum absolute atomic E-state index is 12.7. The van der Waals surface area contributed by atoms with Crippen LogP contribution in [0.5, 0.6) is 5.75 Å². The van der Waals surface area contributed by atoms with Crippen molar-refractivity contribution < 1.29 is 14.3 Å². The highest BCUT2D eigenvalue weighted by molar-refractivity contribution is 6.25. The van der Waals surface area contributed by atoms with Gasteiger partial charge in [0, 0.05) is 16.7 Å².